The van der Waals surface area contributed by atoms with Crippen molar-refractivity contribution in [3.8, 4) is 12.2 Å². The van der Waals surface area contributed by atoms with E-state index in [-0.39, 0.29) is 13.5 Å². The molecule has 3 amide bonds. The second-order valence-corrected chi connectivity index (χ2v) is 3.96. The summed E-state index contributed by atoms with van der Waals surface area (Å²) in [5, 5.41) is 0. The van der Waals surface area contributed by atoms with Crippen molar-refractivity contribution >= 4 is 23.7 Å². The van der Waals surface area contributed by atoms with E-state index < -0.39 is 30.1 Å². The molecule has 0 N–H and O–H groups in total. The normalized spacial score (nSPS) is 9.09. The summed E-state index contributed by atoms with van der Waals surface area (Å²) in [6, 6.07) is 2.17. The molecule has 0 aliphatic heterocycles. The molecule has 0 aromatic heterocycles. The van der Waals surface area contributed by atoms with Gasteiger partial charge in [-0.15, -0.1) is 0 Å². The van der Waals surface area contributed by atoms with E-state index in [1.807, 2.05) is 0 Å². The van der Waals surface area contributed by atoms with E-state index in [9.17, 15) is 19.2 Å². The zero-order valence-corrected chi connectivity index (χ0v) is 12.9. The third kappa shape index (κ3) is 7.25. The molecule has 0 unspecified atom stereocenters. The summed E-state index contributed by atoms with van der Waals surface area (Å²) in [6.45, 7) is 1.76. The minimum absolute atomic E-state index is 0.177. The van der Waals surface area contributed by atoms with E-state index in [1.54, 1.807) is 0 Å². The van der Waals surface area contributed by atoms with Crippen LogP contribution in [0, 0.1) is 12.2 Å². The lowest BCUT2D eigenvalue weighted by Gasteiger charge is -2.21. The highest BCUT2D eigenvalue weighted by Gasteiger charge is 2.23. The number of esters is 1. The maximum absolute atomic E-state index is 12.0. The molecule has 0 aliphatic rings. The van der Waals surface area contributed by atoms with Gasteiger partial charge in [0.1, 0.15) is 19.3 Å². The first-order chi connectivity index (χ1) is 10.3. The van der Waals surface area contributed by atoms with Gasteiger partial charge >= 0.3 is 5.97 Å². The Morgan fingerprint density at radius 2 is 1.64 bits per heavy atom. The number of nitrogens with zero attached hydrogens (tertiary/aromatic N) is 2. The van der Waals surface area contributed by atoms with Crippen LogP contribution in [-0.4, -0.2) is 61.2 Å². The first-order valence-corrected chi connectivity index (χ1v) is 6.10. The Labute approximate surface area is 128 Å². The van der Waals surface area contributed by atoms with Crippen molar-refractivity contribution in [2.24, 2.45) is 0 Å². The number of hydrogen-bond donors (Lipinski definition) is 0. The molecule has 0 saturated carbocycles. The predicted molar refractivity (Wildman–Crippen MR) is 72.3 cm³/mol. The molecule has 0 radical (unpaired) electrons. The van der Waals surface area contributed by atoms with Crippen LogP contribution in [0.3, 0.4) is 0 Å². The van der Waals surface area contributed by atoms with Crippen molar-refractivity contribution in [3.63, 3.8) is 0 Å². The highest BCUT2D eigenvalue weighted by molar-refractivity contribution is 6.04. The zero-order valence-electron chi connectivity index (χ0n) is 12.9. The third-order valence-electron chi connectivity index (χ3n) is 2.19. The van der Waals surface area contributed by atoms with Crippen LogP contribution in [0.15, 0.2) is 0 Å². The monoisotopic (exact) mass is 314 g/mol. The van der Waals surface area contributed by atoms with Crippen molar-refractivity contribution in [2.45, 2.75) is 20.3 Å². The minimum atomic E-state index is -0.828. The largest absolute Gasteiger partial charge is 0.449 e. The fourth-order valence-corrected chi connectivity index (χ4v) is 1.23. The predicted octanol–water partition coefficient (Wildman–Crippen LogP) is -0.730. The number of amides is 3. The van der Waals surface area contributed by atoms with Crippen LogP contribution < -0.4 is 0 Å². The highest BCUT2D eigenvalue weighted by atomic mass is 16.6. The van der Waals surface area contributed by atoms with E-state index in [0.717, 1.165) is 11.8 Å². The van der Waals surface area contributed by atoms with Gasteiger partial charge in [-0.1, -0.05) is 0 Å². The van der Waals surface area contributed by atoms with Gasteiger partial charge in [0.25, 0.3) is 5.91 Å². The van der Waals surface area contributed by atoms with Crippen LogP contribution in [0.1, 0.15) is 20.3 Å². The standard InChI is InChI=1S/C13H18N2O7/c1-10(16)15(5-6-20-3)13(19)7-12(18)14(8-21-4)9-22-11(2)17/h7-9H2,1-4H3. The number of imide groups is 1. The van der Waals surface area contributed by atoms with E-state index >= 15 is 0 Å². The molecule has 0 heterocycles. The summed E-state index contributed by atoms with van der Waals surface area (Å²) in [4.78, 5) is 47.5. The van der Waals surface area contributed by atoms with Gasteiger partial charge in [-0.05, 0) is 0 Å². The lowest BCUT2D eigenvalue weighted by molar-refractivity contribution is -0.156. The van der Waals surface area contributed by atoms with Crippen LogP contribution in [0.5, 0.6) is 0 Å². The molecule has 22 heavy (non-hydrogen) atoms. The molecule has 0 spiro atoms. The second kappa shape index (κ2) is 10.2. The summed E-state index contributed by atoms with van der Waals surface area (Å²) < 4.78 is 13.9. The summed E-state index contributed by atoms with van der Waals surface area (Å²) in [5.74, 6) is -2.75. The van der Waals surface area contributed by atoms with Gasteiger partial charge in [-0.2, -0.15) is 0 Å². The molecule has 0 rings (SSSR count). The van der Waals surface area contributed by atoms with Crippen molar-refractivity contribution in [3.05, 3.63) is 0 Å². The molecule has 0 saturated heterocycles. The summed E-state index contributed by atoms with van der Waals surface area (Å²) in [7, 11) is 2.60. The Morgan fingerprint density at radius 3 is 2.09 bits per heavy atom. The van der Waals surface area contributed by atoms with Crippen molar-refractivity contribution in [1.82, 2.24) is 9.80 Å². The molecule has 0 aliphatic carbocycles. The molecule has 9 heteroatoms. The molecule has 0 fully saturated rings. The van der Waals surface area contributed by atoms with E-state index in [4.69, 9.17) is 4.74 Å². The number of rotatable bonds is 6. The average Bonchev–Trinajstić information content (AvgIpc) is 2.43. The topological polar surface area (TPSA) is 102 Å². The quantitative estimate of drug-likeness (QED) is 0.209. The van der Waals surface area contributed by atoms with Crippen LogP contribution >= 0.6 is 0 Å². The maximum atomic E-state index is 12.0. The van der Waals surface area contributed by atoms with E-state index in [0.29, 0.717) is 4.90 Å². The SMILES string of the molecule is COC#CN(C(C)=O)C(=O)CC(=O)N(COC)COC(C)=O. The van der Waals surface area contributed by atoms with Crippen LogP contribution in [-0.2, 0) is 33.4 Å². The van der Waals surface area contributed by atoms with Gasteiger partial charge in [0.2, 0.25) is 11.8 Å². The molecule has 122 valence electrons. The number of carbonyl (C=O) groups excluding carboxylic acids is 4. The Hall–Kier alpha value is -2.60. The third-order valence-corrected chi connectivity index (χ3v) is 2.19. The summed E-state index contributed by atoms with van der Waals surface area (Å²) in [5.41, 5.74) is 0. The van der Waals surface area contributed by atoms with E-state index in [1.165, 1.54) is 21.1 Å². The molecule has 0 atom stereocenters. The minimum Gasteiger partial charge on any atom is -0.449 e. The van der Waals surface area contributed by atoms with Crippen molar-refractivity contribution in [2.75, 3.05) is 27.7 Å². The number of carbonyl (C=O) groups is 4. The van der Waals surface area contributed by atoms with Gasteiger partial charge in [-0.3, -0.25) is 24.1 Å². The smallest absolute Gasteiger partial charge is 0.304 e. The maximum Gasteiger partial charge on any atom is 0.304 e. The fraction of sp³-hybridized carbons (Fsp3) is 0.538. The average molecular weight is 314 g/mol. The number of ether oxygens (including phenoxy) is 3. The second-order valence-electron chi connectivity index (χ2n) is 3.96. The Morgan fingerprint density at radius 1 is 1.00 bits per heavy atom. The van der Waals surface area contributed by atoms with Gasteiger partial charge in [0.15, 0.2) is 6.73 Å². The lowest BCUT2D eigenvalue weighted by Crippen LogP contribution is -2.40. The molecule has 9 nitrogen and oxygen atoms in total. The van der Waals surface area contributed by atoms with Crippen molar-refractivity contribution < 1.29 is 33.4 Å². The van der Waals surface area contributed by atoms with Crippen molar-refractivity contribution in [1.29, 1.82) is 0 Å². The molecule has 0 aromatic carbocycles. The van der Waals surface area contributed by atoms with Gasteiger partial charge in [0.05, 0.1) is 13.2 Å². The molecule has 0 bridgehead atoms. The Balaban J connectivity index is 4.84. The Kier molecular flexibility index (Phi) is 8.97. The number of hydrogen-bond acceptors (Lipinski definition) is 7. The number of methoxy groups -OCH3 is 2. The summed E-state index contributed by atoms with van der Waals surface area (Å²) >= 11 is 0. The molecular formula is C13H18N2O7. The fourth-order valence-electron chi connectivity index (χ4n) is 1.23. The molecule has 0 aromatic rings. The van der Waals surface area contributed by atoms with Crippen LogP contribution in [0.2, 0.25) is 0 Å². The van der Waals surface area contributed by atoms with Gasteiger partial charge < -0.3 is 14.2 Å². The zero-order chi connectivity index (χ0) is 17.1. The first-order valence-electron chi connectivity index (χ1n) is 6.10. The van der Waals surface area contributed by atoms with Gasteiger partial charge in [0, 0.05) is 21.0 Å². The lowest BCUT2D eigenvalue weighted by atomic mass is 10.3. The van der Waals surface area contributed by atoms with Crippen LogP contribution in [0.25, 0.3) is 0 Å². The first kappa shape index (κ1) is 19.4. The van der Waals surface area contributed by atoms with Crippen LogP contribution in [0.4, 0.5) is 0 Å². The van der Waals surface area contributed by atoms with E-state index in [2.05, 4.69) is 21.6 Å². The van der Waals surface area contributed by atoms with Gasteiger partial charge in [-0.25, -0.2) is 4.90 Å². The summed E-state index contributed by atoms with van der Waals surface area (Å²) in [6.07, 6.45) is 1.46. The Bertz CT molecular complexity index is 492. The highest BCUT2D eigenvalue weighted by Crippen LogP contribution is 2.01. The molecular weight excluding hydrogens is 296 g/mol.